The lowest BCUT2D eigenvalue weighted by molar-refractivity contribution is 0.0831. The smallest absolute Gasteiger partial charge is 0.255 e. The zero-order valence-corrected chi connectivity index (χ0v) is 13.8. The predicted molar refractivity (Wildman–Crippen MR) is 86.1 cm³/mol. The van der Waals surface area contributed by atoms with Crippen LogP contribution < -0.4 is 5.32 Å². The van der Waals surface area contributed by atoms with Crippen molar-refractivity contribution in [1.82, 2.24) is 20.1 Å². The molecule has 0 aromatic carbocycles. The van der Waals surface area contributed by atoms with Crippen LogP contribution in [0.3, 0.4) is 0 Å². The fourth-order valence-electron chi connectivity index (χ4n) is 2.98. The lowest BCUT2D eigenvalue weighted by Gasteiger charge is -2.21. The molecule has 0 bridgehead atoms. The summed E-state index contributed by atoms with van der Waals surface area (Å²) < 4.78 is 20.3. The van der Waals surface area contributed by atoms with Gasteiger partial charge >= 0.3 is 0 Å². The van der Waals surface area contributed by atoms with Crippen molar-refractivity contribution in [3.05, 3.63) is 47.3 Å². The summed E-state index contributed by atoms with van der Waals surface area (Å²) >= 11 is 0. The summed E-state index contributed by atoms with van der Waals surface area (Å²) in [4.78, 5) is 16.5. The topological polar surface area (TPSA) is 69.0 Å². The number of nitrogens with zero attached hydrogens (tertiary/aromatic N) is 3. The van der Waals surface area contributed by atoms with Crippen LogP contribution in [-0.2, 0) is 11.8 Å². The fourth-order valence-corrected chi connectivity index (χ4v) is 2.98. The van der Waals surface area contributed by atoms with E-state index in [1.807, 2.05) is 0 Å². The molecule has 3 heterocycles. The Balaban J connectivity index is 1.77. The van der Waals surface area contributed by atoms with Crippen LogP contribution in [0.5, 0.6) is 0 Å². The molecule has 1 unspecified atom stereocenters. The Morgan fingerprint density at radius 2 is 2.17 bits per heavy atom. The van der Waals surface area contributed by atoms with Gasteiger partial charge in [-0.25, -0.2) is 4.39 Å². The number of aryl methyl sites for hydroxylation is 1. The number of amides is 1. The van der Waals surface area contributed by atoms with Crippen LogP contribution in [-0.4, -0.2) is 33.9 Å². The number of pyridine rings is 1. The van der Waals surface area contributed by atoms with Crippen molar-refractivity contribution in [2.75, 3.05) is 13.2 Å². The van der Waals surface area contributed by atoms with Gasteiger partial charge in [0.05, 0.1) is 23.5 Å². The second-order valence-corrected chi connectivity index (χ2v) is 6.12. The molecular formula is C17H21FN4O2. The van der Waals surface area contributed by atoms with Crippen molar-refractivity contribution < 1.29 is 13.9 Å². The SMILES string of the molecule is CC(NC(=O)c1cn(C)nc1C1CCOCC1)c1cncc(F)c1. The quantitative estimate of drug-likeness (QED) is 0.933. The molecule has 1 fully saturated rings. The Kier molecular flexibility index (Phi) is 4.89. The Labute approximate surface area is 140 Å². The molecule has 128 valence electrons. The van der Waals surface area contributed by atoms with E-state index in [4.69, 9.17) is 4.74 Å². The molecule has 2 aromatic rings. The van der Waals surface area contributed by atoms with Crippen molar-refractivity contribution in [2.24, 2.45) is 7.05 Å². The molecule has 1 atom stereocenters. The highest BCUT2D eigenvalue weighted by atomic mass is 19.1. The van der Waals surface area contributed by atoms with E-state index in [-0.39, 0.29) is 17.9 Å². The third kappa shape index (κ3) is 3.62. The van der Waals surface area contributed by atoms with E-state index < -0.39 is 5.82 Å². The molecule has 0 aliphatic carbocycles. The van der Waals surface area contributed by atoms with Gasteiger partial charge in [-0.05, 0) is 31.4 Å². The number of carbonyl (C=O) groups excluding carboxylic acids is 1. The van der Waals surface area contributed by atoms with E-state index in [1.165, 1.54) is 6.07 Å². The third-order valence-corrected chi connectivity index (χ3v) is 4.28. The molecule has 1 amide bonds. The molecule has 1 aliphatic heterocycles. The molecule has 0 spiro atoms. The monoisotopic (exact) mass is 332 g/mol. The number of nitrogens with one attached hydrogen (secondary N) is 1. The maximum absolute atomic E-state index is 13.3. The molecule has 3 rings (SSSR count). The highest BCUT2D eigenvalue weighted by Gasteiger charge is 2.26. The van der Waals surface area contributed by atoms with Crippen LogP contribution >= 0.6 is 0 Å². The fraction of sp³-hybridized carbons (Fsp3) is 0.471. The van der Waals surface area contributed by atoms with Gasteiger partial charge in [0.25, 0.3) is 5.91 Å². The van der Waals surface area contributed by atoms with Crippen molar-refractivity contribution in [1.29, 1.82) is 0 Å². The molecular weight excluding hydrogens is 311 g/mol. The summed E-state index contributed by atoms with van der Waals surface area (Å²) in [5.41, 5.74) is 2.00. The van der Waals surface area contributed by atoms with Crippen molar-refractivity contribution in [2.45, 2.75) is 31.7 Å². The molecule has 0 radical (unpaired) electrons. The van der Waals surface area contributed by atoms with Gasteiger partial charge in [0.2, 0.25) is 0 Å². The maximum Gasteiger partial charge on any atom is 0.255 e. The van der Waals surface area contributed by atoms with Gasteiger partial charge in [0.1, 0.15) is 5.82 Å². The highest BCUT2D eigenvalue weighted by Crippen LogP contribution is 2.28. The Hall–Kier alpha value is -2.28. The normalized spacial score (nSPS) is 16.8. The number of ether oxygens (including phenoxy) is 1. The minimum Gasteiger partial charge on any atom is -0.381 e. The van der Waals surface area contributed by atoms with E-state index in [0.29, 0.717) is 24.3 Å². The van der Waals surface area contributed by atoms with E-state index in [9.17, 15) is 9.18 Å². The first-order valence-electron chi connectivity index (χ1n) is 8.07. The van der Waals surface area contributed by atoms with E-state index in [2.05, 4.69) is 15.4 Å². The number of hydrogen-bond acceptors (Lipinski definition) is 4. The number of hydrogen-bond donors (Lipinski definition) is 1. The first-order valence-corrected chi connectivity index (χ1v) is 8.07. The van der Waals surface area contributed by atoms with Gasteiger partial charge in [0, 0.05) is 38.6 Å². The second kappa shape index (κ2) is 7.09. The Morgan fingerprint density at radius 3 is 2.88 bits per heavy atom. The van der Waals surface area contributed by atoms with Crippen molar-refractivity contribution in [3.8, 4) is 0 Å². The van der Waals surface area contributed by atoms with Crippen LogP contribution in [0.2, 0.25) is 0 Å². The molecule has 24 heavy (non-hydrogen) atoms. The Bertz CT molecular complexity index is 725. The van der Waals surface area contributed by atoms with Crippen LogP contribution in [0, 0.1) is 5.82 Å². The Morgan fingerprint density at radius 1 is 1.42 bits per heavy atom. The van der Waals surface area contributed by atoms with Gasteiger partial charge in [-0.3, -0.25) is 14.5 Å². The summed E-state index contributed by atoms with van der Waals surface area (Å²) in [7, 11) is 1.81. The lowest BCUT2D eigenvalue weighted by atomic mass is 9.93. The summed E-state index contributed by atoms with van der Waals surface area (Å²) in [5, 5.41) is 7.38. The van der Waals surface area contributed by atoms with Crippen molar-refractivity contribution in [3.63, 3.8) is 0 Å². The van der Waals surface area contributed by atoms with Crippen LogP contribution in [0.15, 0.2) is 24.7 Å². The third-order valence-electron chi connectivity index (χ3n) is 4.28. The molecule has 1 N–H and O–H groups in total. The number of carbonyl (C=O) groups is 1. The van der Waals surface area contributed by atoms with Gasteiger partial charge in [-0.2, -0.15) is 5.10 Å². The second-order valence-electron chi connectivity index (χ2n) is 6.12. The van der Waals surface area contributed by atoms with E-state index >= 15 is 0 Å². The standard InChI is InChI=1S/C17H21FN4O2/c1-11(13-7-14(18)9-19-8-13)20-17(23)15-10-22(2)21-16(15)12-3-5-24-6-4-12/h7-12H,3-6H2,1-2H3,(H,20,23). The number of rotatable bonds is 4. The van der Waals surface area contributed by atoms with Gasteiger partial charge < -0.3 is 10.1 Å². The summed E-state index contributed by atoms with van der Waals surface area (Å²) in [6.07, 6.45) is 6.15. The van der Waals surface area contributed by atoms with Gasteiger partial charge in [-0.15, -0.1) is 0 Å². The van der Waals surface area contributed by atoms with Gasteiger partial charge in [-0.1, -0.05) is 0 Å². The molecule has 7 heteroatoms. The van der Waals surface area contributed by atoms with Gasteiger partial charge in [0.15, 0.2) is 0 Å². The average molecular weight is 332 g/mol. The van der Waals surface area contributed by atoms with E-state index in [1.54, 1.807) is 31.0 Å². The zero-order chi connectivity index (χ0) is 17.1. The lowest BCUT2D eigenvalue weighted by Crippen LogP contribution is -2.28. The van der Waals surface area contributed by atoms with Crippen LogP contribution in [0.4, 0.5) is 4.39 Å². The highest BCUT2D eigenvalue weighted by molar-refractivity contribution is 5.95. The van der Waals surface area contributed by atoms with E-state index in [0.717, 1.165) is 24.7 Å². The maximum atomic E-state index is 13.3. The molecule has 2 aromatic heterocycles. The average Bonchev–Trinajstić information content (AvgIpc) is 2.97. The minimum absolute atomic E-state index is 0.207. The molecule has 1 saturated heterocycles. The number of aromatic nitrogens is 3. The first-order chi connectivity index (χ1) is 11.5. The largest absolute Gasteiger partial charge is 0.381 e. The van der Waals surface area contributed by atoms with Crippen molar-refractivity contribution >= 4 is 5.91 Å². The summed E-state index contributed by atoms with van der Waals surface area (Å²) in [6, 6.07) is 1.03. The zero-order valence-electron chi connectivity index (χ0n) is 13.8. The number of halogens is 1. The molecule has 0 saturated carbocycles. The summed E-state index contributed by atoms with van der Waals surface area (Å²) in [5.74, 6) is -0.397. The minimum atomic E-state index is -0.419. The van der Waals surface area contributed by atoms with Crippen LogP contribution in [0.1, 0.15) is 53.3 Å². The molecule has 1 aliphatic rings. The first kappa shape index (κ1) is 16.6. The van der Waals surface area contributed by atoms with Crippen LogP contribution in [0.25, 0.3) is 0 Å². The predicted octanol–water partition coefficient (Wildman–Crippen LogP) is 2.34. The summed E-state index contributed by atoms with van der Waals surface area (Å²) in [6.45, 7) is 3.18. The molecule has 6 nitrogen and oxygen atoms in total.